The topological polar surface area (TPSA) is 47.1 Å². The van der Waals surface area contributed by atoms with Crippen molar-refractivity contribution in [3.8, 4) is 0 Å². The number of hydrogen-bond donors (Lipinski definition) is 1. The number of fused-ring (bicyclic) bond motifs is 2. The number of hydrogen-bond acceptors (Lipinski definition) is 3. The number of imidazole rings is 1. The molecule has 2 N–H and O–H groups in total. The van der Waals surface area contributed by atoms with Crippen LogP contribution >= 0.6 is 0 Å². The van der Waals surface area contributed by atoms with Crippen LogP contribution in [0, 0.1) is 11.8 Å². The molecule has 1 aliphatic carbocycles. The van der Waals surface area contributed by atoms with E-state index in [-0.39, 0.29) is 0 Å². The number of nitrogens with two attached hydrogens (primary N) is 1. The van der Waals surface area contributed by atoms with Crippen molar-refractivity contribution in [1.29, 1.82) is 0 Å². The van der Waals surface area contributed by atoms with Gasteiger partial charge in [-0.2, -0.15) is 0 Å². The maximum Gasteiger partial charge on any atom is 0.206 e. The number of para-hydroxylation sites is 2. The molecule has 1 aromatic heterocycles. The van der Waals surface area contributed by atoms with Crippen LogP contribution in [0.1, 0.15) is 12.8 Å². The number of aromatic nitrogens is 2. The van der Waals surface area contributed by atoms with Crippen LogP contribution in [-0.2, 0) is 7.05 Å². The van der Waals surface area contributed by atoms with Gasteiger partial charge in [0.1, 0.15) is 0 Å². The molecule has 4 heteroatoms. The Morgan fingerprint density at radius 2 is 2.05 bits per heavy atom. The maximum absolute atomic E-state index is 6.22. The molecule has 4 rings (SSSR count). The van der Waals surface area contributed by atoms with E-state index in [0.29, 0.717) is 12.0 Å². The normalized spacial score (nSPS) is 30.2. The first kappa shape index (κ1) is 11.3. The molecule has 0 spiro atoms. The Morgan fingerprint density at radius 1 is 1.21 bits per heavy atom. The summed E-state index contributed by atoms with van der Waals surface area (Å²) in [5, 5.41) is 0. The van der Waals surface area contributed by atoms with Crippen molar-refractivity contribution in [2.75, 3.05) is 18.0 Å². The zero-order valence-electron chi connectivity index (χ0n) is 11.3. The lowest BCUT2D eigenvalue weighted by molar-refractivity contribution is 0.453. The van der Waals surface area contributed by atoms with Gasteiger partial charge in [0.2, 0.25) is 5.95 Å². The Hall–Kier alpha value is -1.55. The third kappa shape index (κ3) is 1.59. The Kier molecular flexibility index (Phi) is 2.36. The second-order valence-electron chi connectivity index (χ2n) is 6.03. The molecule has 19 heavy (non-hydrogen) atoms. The molecule has 1 saturated carbocycles. The summed E-state index contributed by atoms with van der Waals surface area (Å²) < 4.78 is 2.21. The molecule has 2 aromatic rings. The second-order valence-corrected chi connectivity index (χ2v) is 6.03. The molecular formula is C15H20N4. The van der Waals surface area contributed by atoms with Gasteiger partial charge in [0.25, 0.3) is 0 Å². The van der Waals surface area contributed by atoms with Gasteiger partial charge in [-0.1, -0.05) is 12.1 Å². The molecule has 0 radical (unpaired) electrons. The van der Waals surface area contributed by atoms with Gasteiger partial charge in [-0.05, 0) is 36.8 Å². The zero-order chi connectivity index (χ0) is 13.0. The van der Waals surface area contributed by atoms with Crippen LogP contribution in [0.5, 0.6) is 0 Å². The van der Waals surface area contributed by atoms with Crippen LogP contribution in [0.3, 0.4) is 0 Å². The molecule has 4 nitrogen and oxygen atoms in total. The molecule has 3 unspecified atom stereocenters. The first-order valence-corrected chi connectivity index (χ1v) is 7.16. The minimum atomic E-state index is 0.393. The molecule has 2 fully saturated rings. The van der Waals surface area contributed by atoms with Crippen LogP contribution in [0.4, 0.5) is 5.95 Å². The average molecular weight is 256 g/mol. The highest BCUT2D eigenvalue weighted by Gasteiger charge is 2.42. The van der Waals surface area contributed by atoms with Gasteiger partial charge in [-0.3, -0.25) is 0 Å². The lowest BCUT2D eigenvalue weighted by Crippen LogP contribution is -2.31. The minimum Gasteiger partial charge on any atom is -0.342 e. The van der Waals surface area contributed by atoms with Crippen LogP contribution in [0.15, 0.2) is 24.3 Å². The van der Waals surface area contributed by atoms with E-state index >= 15 is 0 Å². The summed E-state index contributed by atoms with van der Waals surface area (Å²) in [7, 11) is 2.11. The zero-order valence-corrected chi connectivity index (χ0v) is 11.3. The van der Waals surface area contributed by atoms with Crippen molar-refractivity contribution in [3.63, 3.8) is 0 Å². The van der Waals surface area contributed by atoms with Gasteiger partial charge in [0.05, 0.1) is 11.0 Å². The smallest absolute Gasteiger partial charge is 0.206 e. The predicted octanol–water partition coefficient (Wildman–Crippen LogP) is 1.75. The largest absolute Gasteiger partial charge is 0.342 e. The lowest BCUT2D eigenvalue weighted by atomic mass is 9.98. The molecule has 3 atom stereocenters. The first-order valence-electron chi connectivity index (χ1n) is 7.16. The Morgan fingerprint density at radius 3 is 2.84 bits per heavy atom. The summed E-state index contributed by atoms with van der Waals surface area (Å²) in [5.41, 5.74) is 8.51. The van der Waals surface area contributed by atoms with Crippen molar-refractivity contribution in [2.45, 2.75) is 18.9 Å². The van der Waals surface area contributed by atoms with Crippen molar-refractivity contribution in [1.82, 2.24) is 9.55 Å². The number of aryl methyl sites for hydroxylation is 1. The SMILES string of the molecule is Cn1c(N2CC3CCC(N)C3C2)nc2ccccc21. The number of benzene rings is 1. The monoisotopic (exact) mass is 256 g/mol. The van der Waals surface area contributed by atoms with Gasteiger partial charge in [-0.25, -0.2) is 4.98 Å². The second kappa shape index (κ2) is 3.97. The van der Waals surface area contributed by atoms with E-state index in [9.17, 15) is 0 Å². The number of anilines is 1. The summed E-state index contributed by atoms with van der Waals surface area (Å²) in [6.07, 6.45) is 2.48. The predicted molar refractivity (Wildman–Crippen MR) is 77.1 cm³/mol. The Balaban J connectivity index is 1.70. The highest BCUT2D eigenvalue weighted by Crippen LogP contribution is 2.39. The van der Waals surface area contributed by atoms with Crippen LogP contribution in [0.2, 0.25) is 0 Å². The molecule has 2 aliphatic rings. The Bertz CT molecular complexity index is 618. The molecule has 1 saturated heterocycles. The van der Waals surface area contributed by atoms with E-state index in [1.54, 1.807) is 0 Å². The highest BCUT2D eigenvalue weighted by atomic mass is 15.3. The van der Waals surface area contributed by atoms with Crippen LogP contribution in [-0.4, -0.2) is 28.7 Å². The summed E-state index contributed by atoms with van der Waals surface area (Å²) in [4.78, 5) is 7.22. The van der Waals surface area contributed by atoms with E-state index < -0.39 is 0 Å². The van der Waals surface area contributed by atoms with E-state index in [0.717, 1.165) is 30.5 Å². The fourth-order valence-corrected chi connectivity index (χ4v) is 3.89. The van der Waals surface area contributed by atoms with Gasteiger partial charge in [-0.15, -0.1) is 0 Å². The van der Waals surface area contributed by atoms with E-state index in [1.165, 1.54) is 18.4 Å². The molecule has 2 heterocycles. The van der Waals surface area contributed by atoms with E-state index in [4.69, 9.17) is 10.7 Å². The van der Waals surface area contributed by atoms with Crippen molar-refractivity contribution in [3.05, 3.63) is 24.3 Å². The van der Waals surface area contributed by atoms with Crippen molar-refractivity contribution >= 4 is 17.0 Å². The van der Waals surface area contributed by atoms with Crippen LogP contribution < -0.4 is 10.6 Å². The fraction of sp³-hybridized carbons (Fsp3) is 0.533. The summed E-state index contributed by atoms with van der Waals surface area (Å²) >= 11 is 0. The molecule has 1 aromatic carbocycles. The fourth-order valence-electron chi connectivity index (χ4n) is 3.89. The molecule has 0 amide bonds. The van der Waals surface area contributed by atoms with Gasteiger partial charge in [0, 0.05) is 26.2 Å². The van der Waals surface area contributed by atoms with Crippen molar-refractivity contribution in [2.24, 2.45) is 24.6 Å². The third-order valence-electron chi connectivity index (χ3n) is 4.96. The maximum atomic E-state index is 6.22. The average Bonchev–Trinajstić information content (AvgIpc) is 3.06. The lowest BCUT2D eigenvalue weighted by Gasteiger charge is -2.19. The molecule has 100 valence electrons. The van der Waals surface area contributed by atoms with Crippen LogP contribution in [0.25, 0.3) is 11.0 Å². The van der Waals surface area contributed by atoms with Gasteiger partial charge < -0.3 is 15.2 Å². The number of nitrogens with zero attached hydrogens (tertiary/aromatic N) is 3. The summed E-state index contributed by atoms with van der Waals surface area (Å²) in [6, 6.07) is 8.73. The molecule has 1 aliphatic heterocycles. The quantitative estimate of drug-likeness (QED) is 0.845. The van der Waals surface area contributed by atoms with E-state index in [1.807, 2.05) is 6.07 Å². The molecular weight excluding hydrogens is 236 g/mol. The standard InChI is InChI=1S/C15H20N4/c1-18-14-5-3-2-4-13(14)17-15(18)19-8-10-6-7-12(16)11(10)9-19/h2-5,10-12H,6-9,16H2,1H3. The Labute approximate surface area is 113 Å². The van der Waals surface area contributed by atoms with Gasteiger partial charge in [0.15, 0.2) is 0 Å². The summed E-state index contributed by atoms with van der Waals surface area (Å²) in [5.74, 6) is 2.54. The molecule has 0 bridgehead atoms. The number of rotatable bonds is 1. The highest BCUT2D eigenvalue weighted by molar-refractivity contribution is 5.78. The van der Waals surface area contributed by atoms with Gasteiger partial charge >= 0.3 is 0 Å². The first-order chi connectivity index (χ1) is 9.24. The summed E-state index contributed by atoms with van der Waals surface area (Å²) in [6.45, 7) is 2.19. The minimum absolute atomic E-state index is 0.393. The van der Waals surface area contributed by atoms with Crippen molar-refractivity contribution < 1.29 is 0 Å². The third-order valence-corrected chi connectivity index (χ3v) is 4.96. The van der Waals surface area contributed by atoms with E-state index in [2.05, 4.69) is 34.7 Å².